The lowest BCUT2D eigenvalue weighted by Gasteiger charge is -2.27. The third-order valence-electron chi connectivity index (χ3n) is 9.12. The molecule has 48 heavy (non-hydrogen) atoms. The summed E-state index contributed by atoms with van der Waals surface area (Å²) in [6.45, 7) is 16.6. The zero-order valence-corrected chi connectivity index (χ0v) is 27.6. The number of anilines is 3. The summed E-state index contributed by atoms with van der Waals surface area (Å²) in [6.07, 6.45) is 4.17. The molecule has 0 heterocycles. The standard InChI is InChI=1S/C45H35N3/c1-30-13-21-35(22-14-30)48(43-12-8-10-33-9-6-7-11-37(33)43)36-23-17-31(18-24-36)15-16-32-19-25-39-38-26-20-34(45(2,3)4)28-40(38)42(29-46)44(47-5)41(39)27-32/h6-28H,1-4H3. The van der Waals surface area contributed by atoms with Gasteiger partial charge in [0, 0.05) is 16.8 Å². The fraction of sp³-hybridized carbons (Fsp3) is 0.111. The smallest absolute Gasteiger partial charge is 0.212 e. The Balaban J connectivity index is 1.26. The van der Waals surface area contributed by atoms with Gasteiger partial charge in [-0.2, -0.15) is 5.26 Å². The van der Waals surface area contributed by atoms with Gasteiger partial charge in [-0.1, -0.05) is 136 Å². The van der Waals surface area contributed by atoms with Crippen LogP contribution in [0.5, 0.6) is 0 Å². The molecule has 0 bridgehead atoms. The molecule has 0 saturated carbocycles. The van der Waals surface area contributed by atoms with Gasteiger partial charge in [-0.05, 0) is 86.3 Å². The van der Waals surface area contributed by atoms with E-state index in [1.807, 2.05) is 6.07 Å². The van der Waals surface area contributed by atoms with Crippen molar-refractivity contribution in [2.75, 3.05) is 4.90 Å². The molecule has 0 atom stereocenters. The second-order valence-electron chi connectivity index (χ2n) is 13.4. The van der Waals surface area contributed by atoms with Gasteiger partial charge in [-0.3, -0.25) is 0 Å². The molecule has 3 nitrogen and oxygen atoms in total. The fourth-order valence-electron chi connectivity index (χ4n) is 6.49. The van der Waals surface area contributed by atoms with Crippen molar-refractivity contribution in [3.05, 3.63) is 167 Å². The van der Waals surface area contributed by atoms with Crippen LogP contribution in [-0.4, -0.2) is 0 Å². The largest absolute Gasteiger partial charge is 0.310 e. The quantitative estimate of drug-likeness (QED) is 0.109. The highest BCUT2D eigenvalue weighted by Crippen LogP contribution is 2.41. The highest BCUT2D eigenvalue weighted by Gasteiger charge is 2.19. The van der Waals surface area contributed by atoms with E-state index in [-0.39, 0.29) is 5.41 Å². The minimum atomic E-state index is -0.0596. The van der Waals surface area contributed by atoms with Crippen LogP contribution in [0.3, 0.4) is 0 Å². The summed E-state index contributed by atoms with van der Waals surface area (Å²) in [4.78, 5) is 6.18. The molecule has 0 aromatic heterocycles. The molecular weight excluding hydrogens is 583 g/mol. The van der Waals surface area contributed by atoms with E-state index >= 15 is 0 Å². The van der Waals surface area contributed by atoms with Gasteiger partial charge < -0.3 is 4.90 Å². The Labute approximate surface area is 282 Å². The maximum absolute atomic E-state index is 10.2. The zero-order valence-electron chi connectivity index (χ0n) is 27.6. The van der Waals surface area contributed by atoms with Crippen LogP contribution in [0.4, 0.5) is 22.7 Å². The Morgan fingerprint density at radius 1 is 0.646 bits per heavy atom. The van der Waals surface area contributed by atoms with E-state index in [1.165, 1.54) is 16.3 Å². The predicted molar refractivity (Wildman–Crippen MR) is 203 cm³/mol. The van der Waals surface area contributed by atoms with Gasteiger partial charge in [0.2, 0.25) is 5.69 Å². The van der Waals surface area contributed by atoms with E-state index in [0.29, 0.717) is 11.3 Å². The van der Waals surface area contributed by atoms with Crippen molar-refractivity contribution in [3.8, 4) is 6.07 Å². The van der Waals surface area contributed by atoms with E-state index in [9.17, 15) is 5.26 Å². The van der Waals surface area contributed by atoms with Crippen LogP contribution in [0.25, 0.3) is 49.3 Å². The summed E-state index contributed by atoms with van der Waals surface area (Å²) in [7, 11) is 0. The highest BCUT2D eigenvalue weighted by atomic mass is 15.1. The Morgan fingerprint density at radius 2 is 1.27 bits per heavy atom. The molecule has 0 N–H and O–H groups in total. The lowest BCUT2D eigenvalue weighted by atomic mass is 9.84. The molecule has 0 aliphatic carbocycles. The summed E-state index contributed by atoms with van der Waals surface area (Å²) < 4.78 is 0. The highest BCUT2D eigenvalue weighted by molar-refractivity contribution is 6.17. The molecule has 0 fully saturated rings. The Morgan fingerprint density at radius 3 is 1.98 bits per heavy atom. The second kappa shape index (κ2) is 12.2. The molecule has 0 aliphatic rings. The summed E-state index contributed by atoms with van der Waals surface area (Å²) in [5.41, 5.74) is 8.51. The first-order valence-electron chi connectivity index (χ1n) is 16.2. The number of nitriles is 1. The number of aryl methyl sites for hydroxylation is 1. The van der Waals surface area contributed by atoms with Gasteiger partial charge in [-0.15, -0.1) is 0 Å². The molecule has 7 rings (SSSR count). The molecule has 7 aromatic carbocycles. The molecule has 0 saturated heterocycles. The van der Waals surface area contributed by atoms with Crippen LogP contribution in [0.1, 0.15) is 48.6 Å². The van der Waals surface area contributed by atoms with E-state index in [4.69, 9.17) is 6.57 Å². The van der Waals surface area contributed by atoms with Gasteiger partial charge in [-0.25, -0.2) is 4.85 Å². The lowest BCUT2D eigenvalue weighted by molar-refractivity contribution is 0.591. The second-order valence-corrected chi connectivity index (χ2v) is 13.4. The molecule has 0 unspecified atom stereocenters. The van der Waals surface area contributed by atoms with Crippen molar-refractivity contribution < 1.29 is 0 Å². The van der Waals surface area contributed by atoms with Gasteiger partial charge in [0.05, 0.1) is 23.9 Å². The number of hydrogen-bond acceptors (Lipinski definition) is 2. The van der Waals surface area contributed by atoms with Crippen LogP contribution in [0.2, 0.25) is 0 Å². The van der Waals surface area contributed by atoms with Crippen LogP contribution in [0.15, 0.2) is 127 Å². The summed E-state index contributed by atoms with van der Waals surface area (Å²) in [6, 6.07) is 47.1. The third kappa shape index (κ3) is 5.57. The number of nitrogens with zero attached hydrogens (tertiary/aromatic N) is 3. The first kappa shape index (κ1) is 30.5. The number of fused-ring (bicyclic) bond motifs is 4. The van der Waals surface area contributed by atoms with Crippen molar-refractivity contribution in [2.45, 2.75) is 33.1 Å². The summed E-state index contributed by atoms with van der Waals surface area (Å²) in [5.74, 6) is 0. The molecular formula is C45H35N3. The molecule has 230 valence electrons. The lowest BCUT2D eigenvalue weighted by Crippen LogP contribution is -2.10. The van der Waals surface area contributed by atoms with Crippen molar-refractivity contribution in [3.63, 3.8) is 0 Å². The fourth-order valence-corrected chi connectivity index (χ4v) is 6.49. The minimum absolute atomic E-state index is 0.0596. The Hall–Kier alpha value is -6.16. The van der Waals surface area contributed by atoms with Crippen molar-refractivity contribution in [2.24, 2.45) is 0 Å². The van der Waals surface area contributed by atoms with E-state index in [1.54, 1.807) is 0 Å². The molecule has 0 amide bonds. The normalized spacial score (nSPS) is 11.6. The molecule has 7 aromatic rings. The van der Waals surface area contributed by atoms with E-state index in [2.05, 4.69) is 177 Å². The molecule has 0 spiro atoms. The molecule has 0 radical (unpaired) electrons. The van der Waals surface area contributed by atoms with E-state index < -0.39 is 0 Å². The SMILES string of the molecule is [C-]#[N+]c1c(C#N)c2cc(C(C)(C)C)ccc2c2ccc(C=Cc3ccc(N(c4ccc(C)cc4)c4cccc5ccccc45)cc3)cc12. The first-order chi connectivity index (χ1) is 23.2. The molecule has 3 heteroatoms. The maximum Gasteiger partial charge on any atom is 0.212 e. The van der Waals surface area contributed by atoms with Gasteiger partial charge in [0.15, 0.2) is 0 Å². The van der Waals surface area contributed by atoms with Crippen molar-refractivity contribution in [1.82, 2.24) is 0 Å². The maximum atomic E-state index is 10.2. The summed E-state index contributed by atoms with van der Waals surface area (Å²) >= 11 is 0. The Kier molecular flexibility index (Phi) is 7.76. The monoisotopic (exact) mass is 617 g/mol. The minimum Gasteiger partial charge on any atom is -0.310 e. The van der Waals surface area contributed by atoms with E-state index in [0.717, 1.165) is 55.3 Å². The van der Waals surface area contributed by atoms with Gasteiger partial charge >= 0.3 is 0 Å². The van der Waals surface area contributed by atoms with Crippen LogP contribution >= 0.6 is 0 Å². The predicted octanol–water partition coefficient (Wildman–Crippen LogP) is 12.8. The number of rotatable bonds is 5. The summed E-state index contributed by atoms with van der Waals surface area (Å²) in [5, 5.41) is 16.2. The van der Waals surface area contributed by atoms with Gasteiger partial charge in [0.1, 0.15) is 0 Å². The third-order valence-corrected chi connectivity index (χ3v) is 9.12. The van der Waals surface area contributed by atoms with Gasteiger partial charge in [0.25, 0.3) is 0 Å². The molecule has 0 aliphatic heterocycles. The topological polar surface area (TPSA) is 31.4 Å². The average molecular weight is 618 g/mol. The zero-order chi connectivity index (χ0) is 33.4. The van der Waals surface area contributed by atoms with Crippen LogP contribution < -0.4 is 4.90 Å². The van der Waals surface area contributed by atoms with Crippen LogP contribution in [0, 0.1) is 24.8 Å². The number of hydrogen-bond donors (Lipinski definition) is 0. The average Bonchev–Trinajstić information content (AvgIpc) is 3.11. The van der Waals surface area contributed by atoms with Crippen LogP contribution in [-0.2, 0) is 5.41 Å². The Bertz CT molecular complexity index is 2440. The first-order valence-corrected chi connectivity index (χ1v) is 16.2. The van der Waals surface area contributed by atoms with Crippen molar-refractivity contribution in [1.29, 1.82) is 5.26 Å². The number of benzene rings is 7. The van der Waals surface area contributed by atoms with Crippen molar-refractivity contribution >= 4 is 67.2 Å².